The Kier molecular flexibility index (Phi) is 5.85. The van der Waals surface area contributed by atoms with Gasteiger partial charge in [0.2, 0.25) is 5.82 Å². The number of nitrogens with one attached hydrogen (secondary N) is 1. The molecule has 0 aliphatic rings. The van der Waals surface area contributed by atoms with Crippen LogP contribution in [0.4, 0.5) is 0 Å². The molecule has 0 aliphatic carbocycles. The summed E-state index contributed by atoms with van der Waals surface area (Å²) in [7, 11) is 0. The summed E-state index contributed by atoms with van der Waals surface area (Å²) >= 11 is 0. The van der Waals surface area contributed by atoms with E-state index in [1.807, 2.05) is 67.6 Å². The Hall–Kier alpha value is -3.93. The van der Waals surface area contributed by atoms with Crippen molar-refractivity contribution in [1.29, 1.82) is 0 Å². The van der Waals surface area contributed by atoms with Crippen LogP contribution in [0.15, 0.2) is 83.4 Å². The third-order valence-electron chi connectivity index (χ3n) is 4.63. The smallest absolute Gasteiger partial charge is 0.264 e. The van der Waals surface area contributed by atoms with Crippen LogP contribution in [-0.4, -0.2) is 16.0 Å². The van der Waals surface area contributed by atoms with Crippen molar-refractivity contribution in [3.8, 4) is 17.1 Å². The minimum atomic E-state index is -0.208. The molecule has 30 heavy (non-hydrogen) atoms. The normalized spacial score (nSPS) is 10.6. The summed E-state index contributed by atoms with van der Waals surface area (Å²) < 4.78 is 11.1. The molecule has 0 fully saturated rings. The molecular formula is C24H21N3O3. The van der Waals surface area contributed by atoms with Gasteiger partial charge in [0, 0.05) is 12.1 Å². The van der Waals surface area contributed by atoms with E-state index in [1.165, 1.54) is 0 Å². The van der Waals surface area contributed by atoms with Gasteiger partial charge in [-0.15, -0.1) is 0 Å². The summed E-state index contributed by atoms with van der Waals surface area (Å²) in [4.78, 5) is 17.0. The van der Waals surface area contributed by atoms with Crippen molar-refractivity contribution >= 4 is 5.91 Å². The van der Waals surface area contributed by atoms with Crippen LogP contribution in [0.1, 0.15) is 27.4 Å². The number of para-hydroxylation sites is 1. The number of hydrogen-bond acceptors (Lipinski definition) is 5. The number of amides is 1. The lowest BCUT2D eigenvalue weighted by Gasteiger charge is -2.10. The maximum atomic E-state index is 12.6. The van der Waals surface area contributed by atoms with Gasteiger partial charge >= 0.3 is 0 Å². The fourth-order valence-corrected chi connectivity index (χ4v) is 3.04. The highest BCUT2D eigenvalue weighted by Gasteiger charge is 2.15. The molecule has 0 unspecified atom stereocenters. The average Bonchev–Trinajstić information content (AvgIpc) is 3.26. The summed E-state index contributed by atoms with van der Waals surface area (Å²) in [6.45, 7) is 2.51. The van der Waals surface area contributed by atoms with E-state index >= 15 is 0 Å². The molecule has 1 heterocycles. The predicted molar refractivity (Wildman–Crippen MR) is 113 cm³/mol. The molecule has 150 valence electrons. The predicted octanol–water partition coefficient (Wildman–Crippen LogP) is 4.55. The maximum absolute atomic E-state index is 12.6. The highest BCUT2D eigenvalue weighted by Crippen LogP contribution is 2.22. The molecule has 6 heteroatoms. The van der Waals surface area contributed by atoms with Gasteiger partial charge in [0.1, 0.15) is 5.75 Å². The number of aryl methyl sites for hydroxylation is 1. The molecule has 0 atom stereocenters. The van der Waals surface area contributed by atoms with E-state index in [2.05, 4.69) is 15.5 Å². The number of ether oxygens (including phenoxy) is 1. The molecule has 0 saturated carbocycles. The molecular weight excluding hydrogens is 378 g/mol. The number of carbonyl (C=O) groups is 1. The van der Waals surface area contributed by atoms with E-state index < -0.39 is 0 Å². The Bertz CT molecular complexity index is 1140. The Balaban J connectivity index is 1.42. The average molecular weight is 399 g/mol. The van der Waals surface area contributed by atoms with Gasteiger partial charge in [-0.3, -0.25) is 4.79 Å². The van der Waals surface area contributed by atoms with Crippen LogP contribution < -0.4 is 10.1 Å². The summed E-state index contributed by atoms with van der Waals surface area (Å²) in [6.07, 6.45) is 0. The topological polar surface area (TPSA) is 77.2 Å². The first-order valence-corrected chi connectivity index (χ1v) is 9.63. The van der Waals surface area contributed by atoms with Crippen LogP contribution in [-0.2, 0) is 13.2 Å². The first-order chi connectivity index (χ1) is 14.7. The van der Waals surface area contributed by atoms with Gasteiger partial charge in [0.25, 0.3) is 11.8 Å². The number of hydrogen-bond donors (Lipinski definition) is 1. The van der Waals surface area contributed by atoms with E-state index in [0.717, 1.165) is 16.7 Å². The van der Waals surface area contributed by atoms with Gasteiger partial charge in [-0.05, 0) is 30.2 Å². The van der Waals surface area contributed by atoms with Crippen molar-refractivity contribution in [2.45, 2.75) is 20.1 Å². The zero-order valence-corrected chi connectivity index (χ0v) is 16.5. The summed E-state index contributed by atoms with van der Waals surface area (Å²) in [5.41, 5.74) is 3.45. The monoisotopic (exact) mass is 399 g/mol. The first-order valence-electron chi connectivity index (χ1n) is 9.63. The van der Waals surface area contributed by atoms with E-state index in [4.69, 9.17) is 9.26 Å². The number of aromatic nitrogens is 2. The zero-order valence-electron chi connectivity index (χ0n) is 16.5. The van der Waals surface area contributed by atoms with E-state index in [-0.39, 0.29) is 12.5 Å². The van der Waals surface area contributed by atoms with Gasteiger partial charge in [-0.1, -0.05) is 71.9 Å². The largest absolute Gasteiger partial charge is 0.483 e. The van der Waals surface area contributed by atoms with Crippen LogP contribution in [0.25, 0.3) is 11.4 Å². The lowest BCUT2D eigenvalue weighted by Crippen LogP contribution is -2.23. The van der Waals surface area contributed by atoms with Gasteiger partial charge < -0.3 is 14.6 Å². The lowest BCUT2D eigenvalue weighted by atomic mass is 10.1. The van der Waals surface area contributed by atoms with Crippen molar-refractivity contribution < 1.29 is 14.1 Å². The van der Waals surface area contributed by atoms with Gasteiger partial charge in [-0.25, -0.2) is 0 Å². The SMILES string of the molecule is Cc1ccccc1-c1noc(COc2ccccc2C(=O)NCc2ccccc2)n1. The van der Waals surface area contributed by atoms with Crippen LogP contribution in [0, 0.1) is 6.92 Å². The molecule has 0 aliphatic heterocycles. The standard InChI is InChI=1S/C24H21N3O3/c1-17-9-5-6-12-19(17)23-26-22(30-27-23)16-29-21-14-8-7-13-20(21)24(28)25-15-18-10-3-2-4-11-18/h2-14H,15-16H2,1H3,(H,25,28). The summed E-state index contributed by atoms with van der Waals surface area (Å²) in [6, 6.07) is 24.7. The fraction of sp³-hybridized carbons (Fsp3) is 0.125. The first kappa shape index (κ1) is 19.4. The van der Waals surface area contributed by atoms with Gasteiger partial charge in [0.05, 0.1) is 5.56 Å². The van der Waals surface area contributed by atoms with Crippen molar-refractivity contribution in [3.63, 3.8) is 0 Å². The number of nitrogens with zero attached hydrogens (tertiary/aromatic N) is 2. The molecule has 4 rings (SSSR count). The Labute approximate surface area is 174 Å². The molecule has 6 nitrogen and oxygen atoms in total. The third kappa shape index (κ3) is 4.55. The molecule has 1 amide bonds. The van der Waals surface area contributed by atoms with Gasteiger partial charge in [0.15, 0.2) is 6.61 Å². The Morgan fingerprint density at radius 1 is 0.967 bits per heavy atom. The lowest BCUT2D eigenvalue weighted by molar-refractivity contribution is 0.0945. The molecule has 1 N–H and O–H groups in total. The van der Waals surface area contributed by atoms with Crippen molar-refractivity contribution in [1.82, 2.24) is 15.5 Å². The second-order valence-electron chi connectivity index (χ2n) is 6.78. The summed E-state index contributed by atoms with van der Waals surface area (Å²) in [5.74, 6) is 1.10. The second kappa shape index (κ2) is 9.05. The van der Waals surface area contributed by atoms with E-state index in [9.17, 15) is 4.79 Å². The minimum absolute atomic E-state index is 0.0713. The van der Waals surface area contributed by atoms with Crippen LogP contribution in [0.2, 0.25) is 0 Å². The van der Waals surface area contributed by atoms with Crippen molar-refractivity contribution in [3.05, 3.63) is 101 Å². The molecule has 4 aromatic rings. The Morgan fingerprint density at radius 3 is 2.53 bits per heavy atom. The highest BCUT2D eigenvalue weighted by atomic mass is 16.5. The van der Waals surface area contributed by atoms with Crippen molar-refractivity contribution in [2.75, 3.05) is 0 Å². The molecule has 3 aromatic carbocycles. The number of carbonyl (C=O) groups excluding carboxylic acids is 1. The summed E-state index contributed by atoms with van der Waals surface area (Å²) in [5, 5.41) is 6.95. The van der Waals surface area contributed by atoms with Crippen LogP contribution in [0.5, 0.6) is 5.75 Å². The highest BCUT2D eigenvalue weighted by molar-refractivity contribution is 5.96. The Morgan fingerprint density at radius 2 is 1.70 bits per heavy atom. The molecule has 1 aromatic heterocycles. The zero-order chi connectivity index (χ0) is 20.8. The van der Waals surface area contributed by atoms with Gasteiger partial charge in [-0.2, -0.15) is 4.98 Å². The quantitative estimate of drug-likeness (QED) is 0.493. The van der Waals surface area contributed by atoms with E-state index in [0.29, 0.717) is 29.6 Å². The second-order valence-corrected chi connectivity index (χ2v) is 6.78. The molecule has 0 spiro atoms. The third-order valence-corrected chi connectivity index (χ3v) is 4.63. The fourth-order valence-electron chi connectivity index (χ4n) is 3.04. The van der Waals surface area contributed by atoms with E-state index in [1.54, 1.807) is 18.2 Å². The maximum Gasteiger partial charge on any atom is 0.264 e. The van der Waals surface area contributed by atoms with Crippen LogP contribution in [0.3, 0.4) is 0 Å². The molecule has 0 radical (unpaired) electrons. The number of benzene rings is 3. The molecule has 0 saturated heterocycles. The van der Waals surface area contributed by atoms with Crippen molar-refractivity contribution in [2.24, 2.45) is 0 Å². The molecule has 0 bridgehead atoms. The van der Waals surface area contributed by atoms with Crippen LogP contribution >= 0.6 is 0 Å². The minimum Gasteiger partial charge on any atom is -0.483 e. The number of rotatable bonds is 7.